The number of ether oxygens (including phenoxy) is 2. The number of nitrogens with one attached hydrogen (secondary N) is 1. The van der Waals surface area contributed by atoms with Crippen LogP contribution in [0, 0.1) is 0 Å². The molecule has 0 aliphatic carbocycles. The third-order valence-corrected chi connectivity index (χ3v) is 4.21. The molecular formula is C15H23F2NO2S. The number of halogens is 2. The summed E-state index contributed by atoms with van der Waals surface area (Å²) in [5.41, 5.74) is 0.969. The van der Waals surface area contributed by atoms with Gasteiger partial charge in [0.1, 0.15) is 0 Å². The molecule has 0 saturated carbocycles. The van der Waals surface area contributed by atoms with E-state index in [4.69, 9.17) is 4.74 Å². The van der Waals surface area contributed by atoms with Gasteiger partial charge in [-0.25, -0.2) is 0 Å². The molecule has 3 nitrogen and oxygen atoms in total. The fourth-order valence-corrected chi connectivity index (χ4v) is 1.95. The molecule has 0 amide bonds. The van der Waals surface area contributed by atoms with Crippen molar-refractivity contribution < 1.29 is 18.3 Å². The van der Waals surface area contributed by atoms with Crippen molar-refractivity contribution in [3.8, 4) is 11.5 Å². The van der Waals surface area contributed by atoms with Gasteiger partial charge in [-0.05, 0) is 44.7 Å². The third-order valence-electron chi connectivity index (χ3n) is 2.96. The molecular weight excluding hydrogens is 296 g/mol. The molecule has 0 atom stereocenters. The number of rotatable bonds is 9. The minimum Gasteiger partial charge on any atom is -0.490 e. The van der Waals surface area contributed by atoms with Crippen LogP contribution >= 0.6 is 11.8 Å². The first-order valence-corrected chi connectivity index (χ1v) is 8.07. The van der Waals surface area contributed by atoms with Gasteiger partial charge in [0.25, 0.3) is 0 Å². The number of thioether (sulfide) groups is 1. The average Bonchev–Trinajstić information content (AvgIpc) is 2.41. The van der Waals surface area contributed by atoms with E-state index in [1.165, 1.54) is 6.07 Å². The van der Waals surface area contributed by atoms with Crippen LogP contribution in [0.5, 0.6) is 11.5 Å². The maximum Gasteiger partial charge on any atom is 0.387 e. The van der Waals surface area contributed by atoms with Crippen LogP contribution in [0.3, 0.4) is 0 Å². The number of hydrogen-bond acceptors (Lipinski definition) is 4. The van der Waals surface area contributed by atoms with E-state index in [0.29, 0.717) is 18.9 Å². The Morgan fingerprint density at radius 3 is 2.57 bits per heavy atom. The maximum atomic E-state index is 12.3. The molecule has 21 heavy (non-hydrogen) atoms. The van der Waals surface area contributed by atoms with E-state index < -0.39 is 6.61 Å². The van der Waals surface area contributed by atoms with Crippen molar-refractivity contribution in [2.75, 3.05) is 19.4 Å². The first-order valence-electron chi connectivity index (χ1n) is 6.84. The highest BCUT2D eigenvalue weighted by Crippen LogP contribution is 2.30. The molecule has 1 aromatic rings. The van der Waals surface area contributed by atoms with Crippen LogP contribution in [-0.2, 0) is 6.54 Å². The largest absolute Gasteiger partial charge is 0.490 e. The molecule has 120 valence electrons. The summed E-state index contributed by atoms with van der Waals surface area (Å²) < 4.78 is 34.6. The quantitative estimate of drug-likeness (QED) is 0.747. The van der Waals surface area contributed by atoms with Gasteiger partial charge < -0.3 is 14.8 Å². The average molecular weight is 319 g/mol. The summed E-state index contributed by atoms with van der Waals surface area (Å²) in [6.07, 6.45) is 2.07. The van der Waals surface area contributed by atoms with Crippen LogP contribution in [0.1, 0.15) is 26.3 Å². The molecule has 0 heterocycles. The minimum absolute atomic E-state index is 0.0695. The van der Waals surface area contributed by atoms with Crippen molar-refractivity contribution in [3.63, 3.8) is 0 Å². The lowest BCUT2D eigenvalue weighted by molar-refractivity contribution is -0.0514. The summed E-state index contributed by atoms with van der Waals surface area (Å²) in [4.78, 5) is 0. The first kappa shape index (κ1) is 18.0. The molecule has 0 aliphatic heterocycles. The van der Waals surface area contributed by atoms with Crippen molar-refractivity contribution in [2.24, 2.45) is 0 Å². The Kier molecular flexibility index (Phi) is 7.25. The zero-order valence-electron chi connectivity index (χ0n) is 12.9. The standard InChI is InChI=1S/C15H23F2NO2S/c1-5-19-13-8-11(6-7-12(13)20-14(16)17)9-18-10-15(2,3)21-4/h6-8,14,18H,5,9-10H2,1-4H3. The fourth-order valence-electron chi connectivity index (χ4n) is 1.70. The molecule has 0 aromatic heterocycles. The molecule has 0 spiro atoms. The van der Waals surface area contributed by atoms with Crippen molar-refractivity contribution in [1.82, 2.24) is 5.32 Å². The van der Waals surface area contributed by atoms with Gasteiger partial charge in [0.15, 0.2) is 11.5 Å². The molecule has 1 rings (SSSR count). The predicted octanol–water partition coefficient (Wildman–Crippen LogP) is 3.92. The monoisotopic (exact) mass is 319 g/mol. The lowest BCUT2D eigenvalue weighted by Gasteiger charge is -2.22. The number of alkyl halides is 2. The third kappa shape index (κ3) is 6.52. The van der Waals surface area contributed by atoms with Crippen LogP contribution in [0.4, 0.5) is 8.78 Å². The molecule has 0 aliphatic rings. The van der Waals surface area contributed by atoms with Gasteiger partial charge in [-0.1, -0.05) is 6.07 Å². The first-order chi connectivity index (χ1) is 9.88. The Morgan fingerprint density at radius 1 is 1.29 bits per heavy atom. The van der Waals surface area contributed by atoms with Crippen molar-refractivity contribution in [3.05, 3.63) is 23.8 Å². The lowest BCUT2D eigenvalue weighted by atomic mass is 10.1. The summed E-state index contributed by atoms with van der Waals surface area (Å²) in [5, 5.41) is 3.36. The Hall–Kier alpha value is -1.01. The van der Waals surface area contributed by atoms with E-state index in [-0.39, 0.29) is 10.5 Å². The van der Waals surface area contributed by atoms with Gasteiger partial charge in [-0.2, -0.15) is 20.5 Å². The number of benzene rings is 1. The van der Waals surface area contributed by atoms with Crippen molar-refractivity contribution in [2.45, 2.75) is 38.7 Å². The van der Waals surface area contributed by atoms with E-state index in [0.717, 1.165) is 12.1 Å². The van der Waals surface area contributed by atoms with Gasteiger partial charge >= 0.3 is 6.61 Å². The Balaban J connectivity index is 2.69. The van der Waals surface area contributed by atoms with Gasteiger partial charge in [0.2, 0.25) is 0 Å². The fraction of sp³-hybridized carbons (Fsp3) is 0.600. The van der Waals surface area contributed by atoms with E-state index in [2.05, 4.69) is 30.2 Å². The summed E-state index contributed by atoms with van der Waals surface area (Å²) in [6.45, 7) is 5.18. The van der Waals surface area contributed by atoms with Crippen LogP contribution in [0.15, 0.2) is 18.2 Å². The van der Waals surface area contributed by atoms with Crippen LogP contribution in [0.25, 0.3) is 0 Å². The second-order valence-corrected chi connectivity index (χ2v) is 6.67. The number of hydrogen-bond donors (Lipinski definition) is 1. The second-order valence-electron chi connectivity index (χ2n) is 5.16. The summed E-state index contributed by atoms with van der Waals surface area (Å²) in [5.74, 6) is 0.418. The highest BCUT2D eigenvalue weighted by molar-refractivity contribution is 7.99. The van der Waals surface area contributed by atoms with E-state index in [1.54, 1.807) is 30.8 Å². The van der Waals surface area contributed by atoms with E-state index in [1.807, 2.05) is 0 Å². The molecule has 1 aromatic carbocycles. The lowest BCUT2D eigenvalue weighted by Crippen LogP contribution is -2.31. The van der Waals surface area contributed by atoms with Gasteiger partial charge in [-0.15, -0.1) is 0 Å². The zero-order chi connectivity index (χ0) is 15.9. The molecule has 0 fully saturated rings. The normalized spacial score (nSPS) is 11.8. The topological polar surface area (TPSA) is 30.5 Å². The Bertz CT molecular complexity index is 442. The van der Waals surface area contributed by atoms with Gasteiger partial charge in [0.05, 0.1) is 6.61 Å². The zero-order valence-corrected chi connectivity index (χ0v) is 13.7. The minimum atomic E-state index is -2.85. The summed E-state index contributed by atoms with van der Waals surface area (Å²) >= 11 is 1.79. The SMILES string of the molecule is CCOc1cc(CNCC(C)(C)SC)ccc1OC(F)F. The van der Waals surface area contributed by atoms with Crippen molar-refractivity contribution in [1.29, 1.82) is 0 Å². The molecule has 0 radical (unpaired) electrons. The van der Waals surface area contributed by atoms with Gasteiger partial charge in [0, 0.05) is 17.8 Å². The maximum absolute atomic E-state index is 12.3. The highest BCUT2D eigenvalue weighted by Gasteiger charge is 2.15. The second kappa shape index (κ2) is 8.44. The molecule has 0 unspecified atom stereocenters. The smallest absolute Gasteiger partial charge is 0.387 e. The summed E-state index contributed by atoms with van der Waals surface area (Å²) in [7, 11) is 0. The molecule has 0 bridgehead atoms. The predicted molar refractivity (Wildman–Crippen MR) is 83.5 cm³/mol. The molecule has 0 saturated heterocycles. The molecule has 1 N–H and O–H groups in total. The van der Waals surface area contributed by atoms with E-state index in [9.17, 15) is 8.78 Å². The van der Waals surface area contributed by atoms with Crippen LogP contribution in [-0.4, -0.2) is 30.8 Å². The summed E-state index contributed by atoms with van der Waals surface area (Å²) in [6, 6.07) is 5.02. The highest BCUT2D eigenvalue weighted by atomic mass is 32.2. The van der Waals surface area contributed by atoms with Crippen molar-refractivity contribution >= 4 is 11.8 Å². The Labute approximate surface area is 129 Å². The Morgan fingerprint density at radius 2 is 2.00 bits per heavy atom. The van der Waals surface area contributed by atoms with Crippen LogP contribution in [0.2, 0.25) is 0 Å². The van der Waals surface area contributed by atoms with Gasteiger partial charge in [-0.3, -0.25) is 0 Å². The van der Waals surface area contributed by atoms with Crippen LogP contribution < -0.4 is 14.8 Å². The van der Waals surface area contributed by atoms with E-state index >= 15 is 0 Å². The molecule has 6 heteroatoms.